The number of nitrogens with one attached hydrogen (secondary N) is 1. The van der Waals surface area contributed by atoms with E-state index in [4.69, 9.17) is 20.9 Å². The van der Waals surface area contributed by atoms with Crippen LogP contribution in [0, 0.1) is 0 Å². The lowest BCUT2D eigenvalue weighted by Crippen LogP contribution is -2.15. The number of benzene rings is 1. The summed E-state index contributed by atoms with van der Waals surface area (Å²) >= 11 is 5.34. The molecular weight excluding hydrogens is 229 g/mol. The fourth-order valence-corrected chi connectivity index (χ4v) is 3.51. The Morgan fingerprint density at radius 2 is 1.87 bits per heavy atom. The summed E-state index contributed by atoms with van der Waals surface area (Å²) in [7, 11) is 0. The maximum absolute atomic E-state index is 5.63. The Labute approximate surface area is 95.0 Å². The van der Waals surface area contributed by atoms with Crippen molar-refractivity contribution in [3.05, 3.63) is 24.3 Å². The average Bonchev–Trinajstić information content (AvgIpc) is 2.54. The third-order valence-corrected chi connectivity index (χ3v) is 4.44. The summed E-state index contributed by atoms with van der Waals surface area (Å²) in [5, 5.41) is 3.19. The number of hydrogen-bond donors (Lipinski definition) is 1. The molecule has 0 saturated carbocycles. The van der Waals surface area contributed by atoms with Crippen LogP contribution in [0.1, 0.15) is 19.8 Å². The van der Waals surface area contributed by atoms with Crippen LogP contribution in [0.2, 0.25) is 0 Å². The van der Waals surface area contributed by atoms with Gasteiger partial charge in [-0.25, -0.2) is 5.09 Å². The lowest BCUT2D eigenvalue weighted by atomic mass is 10.3. The highest BCUT2D eigenvalue weighted by Crippen LogP contribution is 2.55. The molecule has 1 aliphatic rings. The molecule has 82 valence electrons. The molecule has 5 heteroatoms. The first-order chi connectivity index (χ1) is 7.23. The van der Waals surface area contributed by atoms with Gasteiger partial charge in [0.1, 0.15) is 0 Å². The van der Waals surface area contributed by atoms with Gasteiger partial charge in [0.05, 0.1) is 0 Å². The first-order valence-electron chi connectivity index (χ1n) is 5.07. The molecule has 0 atom stereocenters. The van der Waals surface area contributed by atoms with E-state index < -0.39 is 6.64 Å². The summed E-state index contributed by atoms with van der Waals surface area (Å²) in [6.07, 6.45) is 2.22. The molecule has 2 rings (SSSR count). The molecule has 0 unspecified atom stereocenters. The highest BCUT2D eigenvalue weighted by atomic mass is 32.5. The molecule has 15 heavy (non-hydrogen) atoms. The minimum atomic E-state index is -2.30. The van der Waals surface area contributed by atoms with E-state index in [-0.39, 0.29) is 0 Å². The molecule has 1 aromatic carbocycles. The zero-order valence-electron chi connectivity index (χ0n) is 8.60. The van der Waals surface area contributed by atoms with Gasteiger partial charge in [-0.05, 0) is 18.6 Å². The van der Waals surface area contributed by atoms with Crippen LogP contribution in [0.4, 0.5) is 0 Å². The van der Waals surface area contributed by atoms with Crippen LogP contribution in [0.25, 0.3) is 0 Å². The summed E-state index contributed by atoms with van der Waals surface area (Å²) in [5.74, 6) is 1.51. The van der Waals surface area contributed by atoms with E-state index in [1.165, 1.54) is 0 Å². The van der Waals surface area contributed by atoms with E-state index in [1.54, 1.807) is 0 Å². The largest absolute Gasteiger partial charge is 0.421 e. The fraction of sp³-hybridized carbons (Fsp3) is 0.400. The van der Waals surface area contributed by atoms with E-state index in [1.807, 2.05) is 24.3 Å². The summed E-state index contributed by atoms with van der Waals surface area (Å²) < 4.78 is 11.3. The van der Waals surface area contributed by atoms with Gasteiger partial charge in [0, 0.05) is 18.4 Å². The van der Waals surface area contributed by atoms with Crippen molar-refractivity contribution in [3.63, 3.8) is 0 Å². The first kappa shape index (κ1) is 10.9. The van der Waals surface area contributed by atoms with Gasteiger partial charge in [0.25, 0.3) is 0 Å². The van der Waals surface area contributed by atoms with Crippen LogP contribution < -0.4 is 14.1 Å². The van der Waals surface area contributed by atoms with Crippen molar-refractivity contribution < 1.29 is 9.05 Å². The minimum absolute atomic E-state index is 0.754. The lowest BCUT2D eigenvalue weighted by molar-refractivity contribution is 0.543. The summed E-state index contributed by atoms with van der Waals surface area (Å²) in [6.45, 7) is 0.691. The molecule has 0 spiro atoms. The van der Waals surface area contributed by atoms with Gasteiger partial charge in [-0.3, -0.25) is 0 Å². The number of para-hydroxylation sites is 2. The Kier molecular flexibility index (Phi) is 3.29. The third kappa shape index (κ3) is 2.51. The molecule has 0 radical (unpaired) electrons. The van der Waals surface area contributed by atoms with Crippen molar-refractivity contribution in [1.82, 2.24) is 5.09 Å². The van der Waals surface area contributed by atoms with Crippen LogP contribution in [0.5, 0.6) is 11.5 Å². The highest BCUT2D eigenvalue weighted by Gasteiger charge is 2.30. The molecule has 0 fully saturated rings. The quantitative estimate of drug-likeness (QED) is 0.650. The van der Waals surface area contributed by atoms with E-state index in [9.17, 15) is 0 Å². The normalized spacial score (nSPS) is 16.6. The summed E-state index contributed by atoms with van der Waals surface area (Å²) in [6, 6.07) is 7.59. The van der Waals surface area contributed by atoms with Crippen LogP contribution in [0.3, 0.4) is 0 Å². The van der Waals surface area contributed by atoms with Crippen LogP contribution in [0.15, 0.2) is 24.3 Å². The predicted octanol–water partition coefficient (Wildman–Crippen LogP) is 3.07. The monoisotopic (exact) mass is 243 g/mol. The first-order valence-corrected chi connectivity index (χ1v) is 7.71. The van der Waals surface area contributed by atoms with Gasteiger partial charge >= 0.3 is 6.64 Å². The number of hydrogen-bond acceptors (Lipinski definition) is 3. The second-order valence-electron chi connectivity index (χ2n) is 3.39. The standard InChI is InChI=1S/C10H14NO2PS/c1-2-3-8-11-14(15)12-9-6-4-5-7-10(9)13-14/h4-7H,2-3,8H2,1H3,(H,11,15). The van der Waals surface area contributed by atoms with Crippen molar-refractivity contribution in [2.24, 2.45) is 0 Å². The summed E-state index contributed by atoms with van der Waals surface area (Å²) in [5.41, 5.74) is 0. The van der Waals surface area contributed by atoms with Crippen LogP contribution in [-0.4, -0.2) is 6.54 Å². The third-order valence-electron chi connectivity index (χ3n) is 2.12. The van der Waals surface area contributed by atoms with E-state index in [0.717, 1.165) is 30.9 Å². The molecule has 0 aliphatic carbocycles. The van der Waals surface area contributed by atoms with Crippen molar-refractivity contribution in [2.45, 2.75) is 19.8 Å². The molecule has 0 amide bonds. The fourth-order valence-electron chi connectivity index (χ4n) is 1.34. The Hall–Kier alpha value is -0.570. The van der Waals surface area contributed by atoms with Gasteiger partial charge in [0.15, 0.2) is 11.5 Å². The molecule has 0 saturated heterocycles. The van der Waals surface area contributed by atoms with Crippen LogP contribution in [-0.2, 0) is 11.8 Å². The topological polar surface area (TPSA) is 30.5 Å². The van der Waals surface area contributed by atoms with Gasteiger partial charge in [-0.1, -0.05) is 25.5 Å². The Balaban J connectivity index is 2.02. The molecule has 1 aromatic rings. The number of rotatable bonds is 4. The molecule has 1 heterocycles. The zero-order chi connectivity index (χ0) is 10.7. The minimum Gasteiger partial charge on any atom is -0.421 e. The van der Waals surface area contributed by atoms with Crippen molar-refractivity contribution in [2.75, 3.05) is 6.54 Å². The Bertz CT molecular complexity index is 368. The zero-order valence-corrected chi connectivity index (χ0v) is 10.3. The van der Waals surface area contributed by atoms with Gasteiger partial charge in [-0.2, -0.15) is 0 Å². The maximum Gasteiger partial charge on any atom is 0.365 e. The van der Waals surface area contributed by atoms with Crippen molar-refractivity contribution in [1.29, 1.82) is 0 Å². The SMILES string of the molecule is CCCCNP1(=S)Oc2ccccc2O1. The summed E-state index contributed by atoms with van der Waals surface area (Å²) in [4.78, 5) is 0. The van der Waals surface area contributed by atoms with E-state index >= 15 is 0 Å². The van der Waals surface area contributed by atoms with E-state index in [2.05, 4.69) is 12.0 Å². The highest BCUT2D eigenvalue weighted by molar-refractivity contribution is 8.09. The Morgan fingerprint density at radius 1 is 1.27 bits per heavy atom. The molecule has 0 aromatic heterocycles. The van der Waals surface area contributed by atoms with E-state index in [0.29, 0.717) is 0 Å². The van der Waals surface area contributed by atoms with Gasteiger partial charge in [0.2, 0.25) is 0 Å². The molecule has 1 N–H and O–H groups in total. The van der Waals surface area contributed by atoms with Crippen LogP contribution >= 0.6 is 6.64 Å². The van der Waals surface area contributed by atoms with Gasteiger partial charge in [-0.15, -0.1) is 0 Å². The second-order valence-corrected chi connectivity index (χ2v) is 6.51. The average molecular weight is 243 g/mol. The Morgan fingerprint density at radius 3 is 2.40 bits per heavy atom. The number of unbranched alkanes of at least 4 members (excludes halogenated alkanes) is 1. The van der Waals surface area contributed by atoms with Crippen molar-refractivity contribution in [3.8, 4) is 11.5 Å². The molecule has 1 aliphatic heterocycles. The maximum atomic E-state index is 5.63. The second kappa shape index (κ2) is 4.52. The van der Waals surface area contributed by atoms with Crippen molar-refractivity contribution >= 4 is 18.4 Å². The number of fused-ring (bicyclic) bond motifs is 1. The lowest BCUT2D eigenvalue weighted by Gasteiger charge is -2.14. The molecule has 3 nitrogen and oxygen atoms in total. The molecule has 0 bridgehead atoms. The smallest absolute Gasteiger partial charge is 0.365 e. The van der Waals surface area contributed by atoms with Gasteiger partial charge < -0.3 is 9.05 Å². The predicted molar refractivity (Wildman–Crippen MR) is 64.9 cm³/mol. The molecular formula is C10H14NO2PS.